The lowest BCUT2D eigenvalue weighted by atomic mass is 10.1. The number of rotatable bonds is 3. The van der Waals surface area contributed by atoms with Crippen LogP contribution < -0.4 is 10.6 Å². The summed E-state index contributed by atoms with van der Waals surface area (Å²) < 4.78 is 6.07. The van der Waals surface area contributed by atoms with E-state index in [1.54, 1.807) is 4.90 Å². The fourth-order valence-corrected chi connectivity index (χ4v) is 2.28. The molecule has 0 spiro atoms. The molecule has 1 fully saturated rings. The van der Waals surface area contributed by atoms with Crippen LogP contribution >= 0.6 is 15.9 Å². The second-order valence-corrected chi connectivity index (χ2v) is 4.90. The summed E-state index contributed by atoms with van der Waals surface area (Å²) in [7, 11) is 0. The van der Waals surface area contributed by atoms with Crippen LogP contribution in [-0.2, 0) is 4.74 Å². The maximum atomic E-state index is 11.8. The summed E-state index contributed by atoms with van der Waals surface area (Å²) in [5.41, 5.74) is 6.44. The monoisotopic (exact) mass is 298 g/mol. The molecule has 17 heavy (non-hydrogen) atoms. The van der Waals surface area contributed by atoms with Crippen molar-refractivity contribution in [3.8, 4) is 0 Å². The maximum absolute atomic E-state index is 11.8. The summed E-state index contributed by atoms with van der Waals surface area (Å²) in [5, 5.41) is 0. The third-order valence-corrected chi connectivity index (χ3v) is 3.37. The van der Waals surface area contributed by atoms with E-state index in [9.17, 15) is 4.79 Å². The maximum Gasteiger partial charge on any atom is 0.414 e. The van der Waals surface area contributed by atoms with Gasteiger partial charge in [0.15, 0.2) is 0 Å². The number of cyclic esters (lactones) is 1. The minimum absolute atomic E-state index is 0.141. The highest BCUT2D eigenvalue weighted by atomic mass is 79.9. The molecule has 1 heterocycles. The first-order valence-electron chi connectivity index (χ1n) is 5.64. The molecule has 4 nitrogen and oxygen atoms in total. The predicted molar refractivity (Wildman–Crippen MR) is 70.0 cm³/mol. The van der Waals surface area contributed by atoms with E-state index in [2.05, 4.69) is 15.9 Å². The molecule has 0 aromatic heterocycles. The molecule has 1 atom stereocenters. The highest BCUT2D eigenvalue weighted by Crippen LogP contribution is 2.26. The number of anilines is 1. The number of amides is 1. The Kier molecular flexibility index (Phi) is 4.02. The van der Waals surface area contributed by atoms with Crippen LogP contribution in [0.25, 0.3) is 0 Å². The van der Waals surface area contributed by atoms with E-state index < -0.39 is 0 Å². The Morgan fingerprint density at radius 2 is 2.12 bits per heavy atom. The van der Waals surface area contributed by atoms with Crippen molar-refractivity contribution < 1.29 is 9.53 Å². The van der Waals surface area contributed by atoms with E-state index >= 15 is 0 Å². The van der Waals surface area contributed by atoms with Gasteiger partial charge in [-0.15, -0.1) is 0 Å². The molecule has 1 aromatic rings. The average molecular weight is 299 g/mol. The highest BCUT2D eigenvalue weighted by molar-refractivity contribution is 9.10. The third kappa shape index (κ3) is 2.79. The zero-order valence-electron chi connectivity index (χ0n) is 9.43. The Hall–Kier alpha value is -1.07. The summed E-state index contributed by atoms with van der Waals surface area (Å²) >= 11 is 3.38. The molecule has 0 radical (unpaired) electrons. The number of halogens is 1. The zero-order chi connectivity index (χ0) is 12.3. The molecule has 1 aromatic carbocycles. The Labute approximate surface area is 109 Å². The molecule has 1 aliphatic heterocycles. The number of carbonyl (C=O) groups is 1. The van der Waals surface area contributed by atoms with E-state index in [1.165, 1.54) is 0 Å². The Morgan fingerprint density at radius 1 is 1.41 bits per heavy atom. The van der Waals surface area contributed by atoms with Crippen LogP contribution in [0, 0.1) is 0 Å². The molecular weight excluding hydrogens is 284 g/mol. The van der Waals surface area contributed by atoms with Crippen LogP contribution in [0.2, 0.25) is 0 Å². The average Bonchev–Trinajstić information content (AvgIpc) is 2.32. The molecule has 92 valence electrons. The number of nitrogens with two attached hydrogens (primary N) is 1. The SMILES string of the molecule is NCCC1CCOC(=O)N1c1ccc(Br)cc1. The topological polar surface area (TPSA) is 55.6 Å². The van der Waals surface area contributed by atoms with Crippen molar-refractivity contribution in [3.05, 3.63) is 28.7 Å². The second-order valence-electron chi connectivity index (χ2n) is 3.98. The van der Waals surface area contributed by atoms with Gasteiger partial charge in [0.2, 0.25) is 0 Å². The van der Waals surface area contributed by atoms with Crippen LogP contribution in [-0.4, -0.2) is 25.3 Å². The number of hydrogen-bond donors (Lipinski definition) is 1. The molecule has 0 aliphatic carbocycles. The van der Waals surface area contributed by atoms with Gasteiger partial charge in [-0.2, -0.15) is 0 Å². The first kappa shape index (κ1) is 12.4. The molecule has 2 rings (SSSR count). The van der Waals surface area contributed by atoms with Crippen LogP contribution in [0.1, 0.15) is 12.8 Å². The quantitative estimate of drug-likeness (QED) is 0.933. The van der Waals surface area contributed by atoms with E-state index in [0.717, 1.165) is 23.0 Å². The van der Waals surface area contributed by atoms with Crippen LogP contribution in [0.15, 0.2) is 28.7 Å². The van der Waals surface area contributed by atoms with Gasteiger partial charge in [0.1, 0.15) is 0 Å². The van der Waals surface area contributed by atoms with Crippen molar-refractivity contribution in [3.63, 3.8) is 0 Å². The minimum Gasteiger partial charge on any atom is -0.449 e. The summed E-state index contributed by atoms with van der Waals surface area (Å²) in [6, 6.07) is 7.77. The molecule has 1 aliphatic rings. The van der Waals surface area contributed by atoms with Gasteiger partial charge in [0.05, 0.1) is 6.61 Å². The van der Waals surface area contributed by atoms with Crippen molar-refractivity contribution in [2.24, 2.45) is 5.73 Å². The number of nitrogens with zero attached hydrogens (tertiary/aromatic N) is 1. The molecular formula is C12H15BrN2O2. The van der Waals surface area contributed by atoms with Crippen LogP contribution in [0.3, 0.4) is 0 Å². The third-order valence-electron chi connectivity index (χ3n) is 2.84. The minimum atomic E-state index is -0.281. The fourth-order valence-electron chi connectivity index (χ4n) is 2.01. The highest BCUT2D eigenvalue weighted by Gasteiger charge is 2.30. The van der Waals surface area contributed by atoms with E-state index in [4.69, 9.17) is 10.5 Å². The molecule has 0 saturated carbocycles. The van der Waals surface area contributed by atoms with Gasteiger partial charge in [-0.1, -0.05) is 15.9 Å². The van der Waals surface area contributed by atoms with Crippen molar-refractivity contribution in [1.29, 1.82) is 0 Å². The molecule has 5 heteroatoms. The Balaban J connectivity index is 2.24. The second kappa shape index (κ2) is 5.51. The fraction of sp³-hybridized carbons (Fsp3) is 0.417. The number of carbonyl (C=O) groups excluding carboxylic acids is 1. The molecule has 1 amide bonds. The van der Waals surface area contributed by atoms with Crippen LogP contribution in [0.4, 0.5) is 10.5 Å². The lowest BCUT2D eigenvalue weighted by molar-refractivity contribution is 0.128. The number of hydrogen-bond acceptors (Lipinski definition) is 3. The smallest absolute Gasteiger partial charge is 0.414 e. The van der Waals surface area contributed by atoms with E-state index in [-0.39, 0.29) is 12.1 Å². The molecule has 2 N–H and O–H groups in total. The Morgan fingerprint density at radius 3 is 2.76 bits per heavy atom. The van der Waals surface area contributed by atoms with Crippen molar-refractivity contribution in [2.45, 2.75) is 18.9 Å². The van der Waals surface area contributed by atoms with Gasteiger partial charge in [0.25, 0.3) is 0 Å². The van der Waals surface area contributed by atoms with Crippen LogP contribution in [0.5, 0.6) is 0 Å². The van der Waals surface area contributed by atoms with Gasteiger partial charge in [-0.25, -0.2) is 4.79 Å². The van der Waals surface area contributed by atoms with E-state index in [0.29, 0.717) is 13.2 Å². The normalized spacial score (nSPS) is 20.2. The number of benzene rings is 1. The standard InChI is InChI=1S/C12H15BrN2O2/c13-9-1-3-10(4-2-9)15-11(5-7-14)6-8-17-12(15)16/h1-4,11H,5-8,14H2. The lowest BCUT2D eigenvalue weighted by Gasteiger charge is -2.34. The molecule has 1 saturated heterocycles. The largest absolute Gasteiger partial charge is 0.449 e. The van der Waals surface area contributed by atoms with E-state index in [1.807, 2.05) is 24.3 Å². The van der Waals surface area contributed by atoms with Gasteiger partial charge in [0, 0.05) is 22.6 Å². The first-order chi connectivity index (χ1) is 8.22. The van der Waals surface area contributed by atoms with Gasteiger partial charge in [-0.3, -0.25) is 4.90 Å². The summed E-state index contributed by atoms with van der Waals surface area (Å²) in [5.74, 6) is 0. The lowest BCUT2D eigenvalue weighted by Crippen LogP contribution is -2.46. The first-order valence-corrected chi connectivity index (χ1v) is 6.43. The summed E-state index contributed by atoms with van der Waals surface area (Å²) in [6.45, 7) is 1.06. The van der Waals surface area contributed by atoms with Crippen molar-refractivity contribution >= 4 is 27.7 Å². The van der Waals surface area contributed by atoms with Crippen molar-refractivity contribution in [2.75, 3.05) is 18.1 Å². The number of ether oxygens (including phenoxy) is 1. The Bertz CT molecular complexity index is 392. The van der Waals surface area contributed by atoms with Gasteiger partial charge >= 0.3 is 6.09 Å². The summed E-state index contributed by atoms with van der Waals surface area (Å²) in [4.78, 5) is 13.5. The van der Waals surface area contributed by atoms with Crippen molar-refractivity contribution in [1.82, 2.24) is 0 Å². The zero-order valence-corrected chi connectivity index (χ0v) is 11.0. The van der Waals surface area contributed by atoms with Gasteiger partial charge < -0.3 is 10.5 Å². The molecule has 1 unspecified atom stereocenters. The molecule has 0 bridgehead atoms. The van der Waals surface area contributed by atoms with Gasteiger partial charge in [-0.05, 0) is 37.2 Å². The predicted octanol–water partition coefficient (Wildman–Crippen LogP) is 2.51. The summed E-state index contributed by atoms with van der Waals surface area (Å²) in [6.07, 6.45) is 1.35.